The van der Waals surface area contributed by atoms with Gasteiger partial charge in [0.15, 0.2) is 0 Å². The first-order chi connectivity index (χ1) is 10.6. The Labute approximate surface area is 128 Å². The highest BCUT2D eigenvalue weighted by molar-refractivity contribution is 6.03. The molecule has 1 atom stereocenters. The van der Waals surface area contributed by atoms with Crippen molar-refractivity contribution in [3.8, 4) is 11.1 Å². The van der Waals surface area contributed by atoms with E-state index in [9.17, 15) is 9.59 Å². The molecule has 112 valence electrons. The van der Waals surface area contributed by atoms with Gasteiger partial charge in [0.1, 0.15) is 6.04 Å². The van der Waals surface area contributed by atoms with Gasteiger partial charge in [-0.2, -0.15) is 0 Å². The predicted molar refractivity (Wildman–Crippen MR) is 83.1 cm³/mol. The lowest BCUT2D eigenvalue weighted by molar-refractivity contribution is -0.139. The SMILES string of the molecule is Nc1ccc(C(=O)N[C@H]2CCOC2=O)c(-c2ccccc2)c1. The molecule has 1 heterocycles. The molecular weight excluding hydrogens is 280 g/mol. The molecular formula is C17H16N2O3. The lowest BCUT2D eigenvalue weighted by Crippen LogP contribution is -2.38. The molecule has 22 heavy (non-hydrogen) atoms. The van der Waals surface area contributed by atoms with Gasteiger partial charge in [0, 0.05) is 17.7 Å². The van der Waals surface area contributed by atoms with Gasteiger partial charge in [-0.05, 0) is 29.3 Å². The van der Waals surface area contributed by atoms with E-state index in [-0.39, 0.29) is 11.9 Å². The standard InChI is InChI=1S/C17H16N2O3/c18-12-6-7-13(14(10-12)11-4-2-1-3-5-11)16(20)19-15-8-9-22-17(15)21/h1-7,10,15H,8-9,18H2,(H,19,20)/t15-/m0/s1. The summed E-state index contributed by atoms with van der Waals surface area (Å²) >= 11 is 0. The molecule has 3 N–H and O–H groups in total. The van der Waals surface area contributed by atoms with Crippen molar-refractivity contribution >= 4 is 17.6 Å². The molecule has 0 bridgehead atoms. The summed E-state index contributed by atoms with van der Waals surface area (Å²) in [5, 5.41) is 2.72. The van der Waals surface area contributed by atoms with Gasteiger partial charge >= 0.3 is 5.97 Å². The van der Waals surface area contributed by atoms with Crippen molar-refractivity contribution in [1.82, 2.24) is 5.32 Å². The van der Waals surface area contributed by atoms with Crippen molar-refractivity contribution in [2.75, 3.05) is 12.3 Å². The minimum atomic E-state index is -0.575. The van der Waals surface area contributed by atoms with Crippen LogP contribution < -0.4 is 11.1 Å². The van der Waals surface area contributed by atoms with Crippen molar-refractivity contribution in [1.29, 1.82) is 0 Å². The molecule has 0 spiro atoms. The number of nitrogens with one attached hydrogen (secondary N) is 1. The Hall–Kier alpha value is -2.82. The molecule has 0 saturated carbocycles. The second-order valence-electron chi connectivity index (χ2n) is 5.15. The Morgan fingerprint density at radius 3 is 2.64 bits per heavy atom. The summed E-state index contributed by atoms with van der Waals surface area (Å²) < 4.78 is 4.86. The molecule has 0 aliphatic carbocycles. The number of nitrogen functional groups attached to an aromatic ring is 1. The number of esters is 1. The number of ether oxygens (including phenoxy) is 1. The van der Waals surface area contributed by atoms with E-state index in [0.29, 0.717) is 24.3 Å². The molecule has 2 aromatic rings. The van der Waals surface area contributed by atoms with Crippen LogP contribution in [-0.2, 0) is 9.53 Å². The third-order valence-electron chi connectivity index (χ3n) is 3.61. The average Bonchev–Trinajstić information content (AvgIpc) is 2.93. The van der Waals surface area contributed by atoms with Crippen LogP contribution in [-0.4, -0.2) is 24.5 Å². The minimum absolute atomic E-state index is 0.303. The number of amides is 1. The van der Waals surface area contributed by atoms with E-state index in [1.54, 1.807) is 18.2 Å². The molecule has 1 aliphatic rings. The Morgan fingerprint density at radius 2 is 1.95 bits per heavy atom. The zero-order chi connectivity index (χ0) is 15.5. The minimum Gasteiger partial charge on any atom is -0.464 e. The number of carbonyl (C=O) groups is 2. The fourth-order valence-corrected chi connectivity index (χ4v) is 2.48. The molecule has 5 nitrogen and oxygen atoms in total. The van der Waals surface area contributed by atoms with E-state index >= 15 is 0 Å². The predicted octanol–water partition coefficient (Wildman–Crippen LogP) is 1.98. The molecule has 1 saturated heterocycles. The topological polar surface area (TPSA) is 81.4 Å². The maximum absolute atomic E-state index is 12.5. The Bertz CT molecular complexity index is 713. The second-order valence-corrected chi connectivity index (χ2v) is 5.15. The monoisotopic (exact) mass is 296 g/mol. The molecule has 0 unspecified atom stereocenters. The van der Waals surface area contributed by atoms with E-state index in [2.05, 4.69) is 5.32 Å². The number of hydrogen-bond acceptors (Lipinski definition) is 4. The van der Waals surface area contributed by atoms with Crippen molar-refractivity contribution in [2.24, 2.45) is 0 Å². The Balaban J connectivity index is 1.93. The average molecular weight is 296 g/mol. The third-order valence-corrected chi connectivity index (χ3v) is 3.61. The molecule has 3 rings (SSSR count). The summed E-state index contributed by atoms with van der Waals surface area (Å²) in [5.74, 6) is -0.687. The zero-order valence-corrected chi connectivity index (χ0v) is 11.9. The van der Waals surface area contributed by atoms with Gasteiger partial charge in [0.2, 0.25) is 0 Å². The highest BCUT2D eigenvalue weighted by atomic mass is 16.5. The summed E-state index contributed by atoms with van der Waals surface area (Å²) in [5.41, 5.74) is 8.55. The van der Waals surface area contributed by atoms with E-state index < -0.39 is 6.04 Å². The van der Waals surface area contributed by atoms with Gasteiger partial charge in [0.25, 0.3) is 5.91 Å². The first-order valence-corrected chi connectivity index (χ1v) is 7.07. The number of carbonyl (C=O) groups excluding carboxylic acids is 2. The van der Waals surface area contributed by atoms with Crippen molar-refractivity contribution in [3.63, 3.8) is 0 Å². The van der Waals surface area contributed by atoms with E-state index in [1.807, 2.05) is 30.3 Å². The first-order valence-electron chi connectivity index (χ1n) is 7.07. The molecule has 2 aromatic carbocycles. The number of anilines is 1. The van der Waals surface area contributed by atoms with E-state index in [0.717, 1.165) is 11.1 Å². The van der Waals surface area contributed by atoms with E-state index in [1.165, 1.54) is 0 Å². The summed E-state index contributed by atoms with van der Waals surface area (Å²) in [6.45, 7) is 0.344. The normalized spacial score (nSPS) is 17.1. The number of rotatable bonds is 3. The molecule has 0 radical (unpaired) electrons. The van der Waals surface area contributed by atoms with Crippen LogP contribution in [0.5, 0.6) is 0 Å². The van der Waals surface area contributed by atoms with Crippen LogP contribution in [0.15, 0.2) is 48.5 Å². The zero-order valence-electron chi connectivity index (χ0n) is 11.9. The number of cyclic esters (lactones) is 1. The molecule has 1 fully saturated rings. The summed E-state index contributed by atoms with van der Waals surface area (Å²) in [6, 6.07) is 14.1. The number of nitrogens with two attached hydrogens (primary N) is 1. The van der Waals surface area contributed by atoms with Crippen molar-refractivity contribution in [2.45, 2.75) is 12.5 Å². The molecule has 1 aliphatic heterocycles. The van der Waals surface area contributed by atoms with Gasteiger partial charge in [-0.25, -0.2) is 4.79 Å². The first kappa shape index (κ1) is 14.1. The third kappa shape index (κ3) is 2.79. The quantitative estimate of drug-likeness (QED) is 0.670. The molecule has 0 aromatic heterocycles. The lowest BCUT2D eigenvalue weighted by atomic mass is 9.98. The number of benzene rings is 2. The summed E-state index contributed by atoms with van der Waals surface area (Å²) in [6.07, 6.45) is 0.500. The largest absolute Gasteiger partial charge is 0.464 e. The van der Waals surface area contributed by atoms with Gasteiger partial charge in [-0.15, -0.1) is 0 Å². The fourth-order valence-electron chi connectivity index (χ4n) is 2.48. The van der Waals surface area contributed by atoms with Gasteiger partial charge in [-0.1, -0.05) is 30.3 Å². The smallest absolute Gasteiger partial charge is 0.328 e. The van der Waals surface area contributed by atoms with Crippen LogP contribution >= 0.6 is 0 Å². The van der Waals surface area contributed by atoms with Crippen LogP contribution in [0.4, 0.5) is 5.69 Å². The van der Waals surface area contributed by atoms with Crippen LogP contribution in [0.25, 0.3) is 11.1 Å². The summed E-state index contributed by atoms with van der Waals surface area (Å²) in [4.78, 5) is 24.0. The van der Waals surface area contributed by atoms with Gasteiger partial charge in [0.05, 0.1) is 6.61 Å². The fraction of sp³-hybridized carbons (Fsp3) is 0.176. The van der Waals surface area contributed by atoms with Crippen LogP contribution in [0.1, 0.15) is 16.8 Å². The molecule has 5 heteroatoms. The van der Waals surface area contributed by atoms with Gasteiger partial charge in [-0.3, -0.25) is 4.79 Å². The van der Waals surface area contributed by atoms with Crippen LogP contribution in [0.3, 0.4) is 0 Å². The maximum atomic E-state index is 12.5. The van der Waals surface area contributed by atoms with Crippen LogP contribution in [0.2, 0.25) is 0 Å². The van der Waals surface area contributed by atoms with Crippen molar-refractivity contribution in [3.05, 3.63) is 54.1 Å². The highest BCUT2D eigenvalue weighted by Crippen LogP contribution is 2.26. The summed E-state index contributed by atoms with van der Waals surface area (Å²) in [7, 11) is 0. The number of hydrogen-bond donors (Lipinski definition) is 2. The highest BCUT2D eigenvalue weighted by Gasteiger charge is 2.28. The second kappa shape index (κ2) is 5.89. The maximum Gasteiger partial charge on any atom is 0.328 e. The van der Waals surface area contributed by atoms with E-state index in [4.69, 9.17) is 10.5 Å². The van der Waals surface area contributed by atoms with Gasteiger partial charge < -0.3 is 15.8 Å². The lowest BCUT2D eigenvalue weighted by Gasteiger charge is -2.13. The Morgan fingerprint density at radius 1 is 1.18 bits per heavy atom. The van der Waals surface area contributed by atoms with Crippen molar-refractivity contribution < 1.29 is 14.3 Å². The Kier molecular flexibility index (Phi) is 3.78. The van der Waals surface area contributed by atoms with Crippen LogP contribution in [0, 0.1) is 0 Å². The molecule has 1 amide bonds.